The van der Waals surface area contributed by atoms with Crippen molar-refractivity contribution in [3.8, 4) is 0 Å². The third-order valence-corrected chi connectivity index (χ3v) is 2.99. The van der Waals surface area contributed by atoms with E-state index >= 15 is 0 Å². The molecule has 4 nitrogen and oxygen atoms in total. The molecule has 1 fully saturated rings. The van der Waals surface area contributed by atoms with E-state index < -0.39 is 23.5 Å². The van der Waals surface area contributed by atoms with Gasteiger partial charge in [-0.1, -0.05) is 0 Å². The molecule has 0 bridgehead atoms. The molecule has 106 valence electrons. The van der Waals surface area contributed by atoms with Crippen LogP contribution in [-0.4, -0.2) is 37.9 Å². The molecule has 0 amide bonds. The van der Waals surface area contributed by atoms with Gasteiger partial charge in [-0.2, -0.15) is 0 Å². The summed E-state index contributed by atoms with van der Waals surface area (Å²) in [6, 6.07) is 1.45. The van der Waals surface area contributed by atoms with Crippen molar-refractivity contribution in [2.75, 3.05) is 32.8 Å². The number of nitrogens with two attached hydrogens (primary N) is 1. The summed E-state index contributed by atoms with van der Waals surface area (Å²) < 4.78 is 44.5. The van der Waals surface area contributed by atoms with Crippen molar-refractivity contribution < 1.29 is 17.9 Å². The monoisotopic (exact) mass is 275 g/mol. The van der Waals surface area contributed by atoms with E-state index in [2.05, 4.69) is 5.43 Å². The van der Waals surface area contributed by atoms with E-state index in [1.54, 1.807) is 0 Å². The largest absolute Gasteiger partial charge is 0.379 e. The van der Waals surface area contributed by atoms with Gasteiger partial charge in [-0.25, -0.2) is 23.6 Å². The quantitative estimate of drug-likeness (QED) is 0.803. The van der Waals surface area contributed by atoms with E-state index in [9.17, 15) is 13.2 Å². The molecule has 0 aliphatic carbocycles. The summed E-state index contributed by atoms with van der Waals surface area (Å²) in [5.74, 6) is -3.89. The van der Waals surface area contributed by atoms with Gasteiger partial charge in [-0.05, 0) is 17.7 Å². The second-order valence-electron chi connectivity index (χ2n) is 4.32. The minimum atomic E-state index is -1.47. The standard InChI is InChI=1S/C12H16F3N3O/c13-9-5-8(6-10(14)12(9)15)11(7-16)17-18-1-3-19-4-2-18/h5-6,11,17H,1-4,7,16H2. The summed E-state index contributed by atoms with van der Waals surface area (Å²) in [4.78, 5) is 0. The lowest BCUT2D eigenvalue weighted by Gasteiger charge is -2.31. The third-order valence-electron chi connectivity index (χ3n) is 2.99. The van der Waals surface area contributed by atoms with Crippen molar-refractivity contribution in [3.05, 3.63) is 35.1 Å². The van der Waals surface area contributed by atoms with Crippen LogP contribution in [-0.2, 0) is 4.74 Å². The maximum absolute atomic E-state index is 13.2. The molecule has 2 rings (SSSR count). The first kappa shape index (κ1) is 14.3. The summed E-state index contributed by atoms with van der Waals surface area (Å²) in [6.45, 7) is 2.61. The van der Waals surface area contributed by atoms with Gasteiger partial charge in [0.2, 0.25) is 0 Å². The van der Waals surface area contributed by atoms with Crippen LogP contribution in [0.25, 0.3) is 0 Å². The van der Waals surface area contributed by atoms with Gasteiger partial charge in [0.05, 0.1) is 19.3 Å². The van der Waals surface area contributed by atoms with Crippen molar-refractivity contribution >= 4 is 0 Å². The van der Waals surface area contributed by atoms with Gasteiger partial charge in [-0.3, -0.25) is 0 Å². The minimum Gasteiger partial charge on any atom is -0.379 e. The van der Waals surface area contributed by atoms with Gasteiger partial charge >= 0.3 is 0 Å². The molecular weight excluding hydrogens is 259 g/mol. The molecule has 0 aromatic heterocycles. The number of halogens is 3. The number of nitrogens with zero attached hydrogens (tertiary/aromatic N) is 1. The number of nitrogens with one attached hydrogen (secondary N) is 1. The second kappa shape index (κ2) is 6.33. The van der Waals surface area contributed by atoms with Crippen molar-refractivity contribution in [1.29, 1.82) is 0 Å². The molecule has 0 saturated carbocycles. The Bertz CT molecular complexity index is 415. The number of ether oxygens (including phenoxy) is 1. The highest BCUT2D eigenvalue weighted by Gasteiger charge is 2.19. The Balaban J connectivity index is 2.12. The summed E-state index contributed by atoms with van der Waals surface area (Å²) in [6.07, 6.45) is 0. The Hall–Kier alpha value is -1.15. The molecule has 0 radical (unpaired) electrons. The van der Waals surface area contributed by atoms with Gasteiger partial charge in [0.15, 0.2) is 17.5 Å². The molecule has 1 heterocycles. The van der Waals surface area contributed by atoms with E-state index in [0.29, 0.717) is 26.3 Å². The molecule has 3 N–H and O–H groups in total. The van der Waals surface area contributed by atoms with Crippen LogP contribution in [0, 0.1) is 17.5 Å². The van der Waals surface area contributed by atoms with Crippen LogP contribution in [0.15, 0.2) is 12.1 Å². The first-order chi connectivity index (χ1) is 9.11. The molecule has 0 spiro atoms. The molecule has 1 aliphatic heterocycles. The Kier molecular flexibility index (Phi) is 4.76. The minimum absolute atomic E-state index is 0.141. The maximum atomic E-state index is 13.2. The average molecular weight is 275 g/mol. The first-order valence-electron chi connectivity index (χ1n) is 6.05. The summed E-state index contributed by atoms with van der Waals surface area (Å²) in [5.41, 5.74) is 8.95. The van der Waals surface area contributed by atoms with E-state index in [4.69, 9.17) is 10.5 Å². The van der Waals surface area contributed by atoms with Crippen molar-refractivity contribution in [2.45, 2.75) is 6.04 Å². The Morgan fingerprint density at radius 2 is 1.79 bits per heavy atom. The van der Waals surface area contributed by atoms with Crippen molar-refractivity contribution in [2.24, 2.45) is 5.73 Å². The van der Waals surface area contributed by atoms with Crippen LogP contribution >= 0.6 is 0 Å². The number of hydrogen-bond donors (Lipinski definition) is 2. The Morgan fingerprint density at radius 1 is 1.21 bits per heavy atom. The molecule has 1 atom stereocenters. The van der Waals surface area contributed by atoms with Gasteiger partial charge in [0, 0.05) is 19.6 Å². The van der Waals surface area contributed by atoms with Crippen LogP contribution in [0.1, 0.15) is 11.6 Å². The predicted octanol–water partition coefficient (Wildman–Crippen LogP) is 0.940. The zero-order valence-corrected chi connectivity index (χ0v) is 10.3. The fraction of sp³-hybridized carbons (Fsp3) is 0.500. The molecule has 1 aromatic rings. The molecule has 1 unspecified atom stereocenters. The van der Waals surface area contributed by atoms with Crippen molar-refractivity contribution in [1.82, 2.24) is 10.4 Å². The predicted molar refractivity (Wildman–Crippen MR) is 63.6 cm³/mol. The molecule has 1 saturated heterocycles. The van der Waals surface area contributed by atoms with Gasteiger partial charge in [0.1, 0.15) is 0 Å². The molecular formula is C12H16F3N3O. The number of rotatable bonds is 4. The Morgan fingerprint density at radius 3 is 2.32 bits per heavy atom. The van der Waals surface area contributed by atoms with Crippen LogP contribution < -0.4 is 11.2 Å². The summed E-state index contributed by atoms with van der Waals surface area (Å²) >= 11 is 0. The normalized spacial score (nSPS) is 18.5. The fourth-order valence-corrected chi connectivity index (χ4v) is 1.95. The first-order valence-corrected chi connectivity index (χ1v) is 6.05. The lowest BCUT2D eigenvalue weighted by Crippen LogP contribution is -2.48. The van der Waals surface area contributed by atoms with Crippen LogP contribution in [0.4, 0.5) is 13.2 Å². The van der Waals surface area contributed by atoms with Gasteiger partial charge < -0.3 is 10.5 Å². The van der Waals surface area contributed by atoms with E-state index in [1.807, 2.05) is 5.01 Å². The van der Waals surface area contributed by atoms with E-state index in [1.165, 1.54) is 0 Å². The van der Waals surface area contributed by atoms with Crippen LogP contribution in [0.3, 0.4) is 0 Å². The number of hydrogen-bond acceptors (Lipinski definition) is 4. The highest BCUT2D eigenvalue weighted by molar-refractivity contribution is 5.23. The summed E-state index contributed by atoms with van der Waals surface area (Å²) in [5, 5.41) is 1.88. The van der Waals surface area contributed by atoms with Gasteiger partial charge in [0.25, 0.3) is 0 Å². The van der Waals surface area contributed by atoms with Crippen LogP contribution in [0.2, 0.25) is 0 Å². The second-order valence-corrected chi connectivity index (χ2v) is 4.32. The lowest BCUT2D eigenvalue weighted by atomic mass is 10.1. The highest BCUT2D eigenvalue weighted by Crippen LogP contribution is 2.19. The average Bonchev–Trinajstić information content (AvgIpc) is 2.42. The third kappa shape index (κ3) is 3.44. The molecule has 1 aromatic carbocycles. The van der Waals surface area contributed by atoms with E-state index in [0.717, 1.165) is 12.1 Å². The zero-order chi connectivity index (χ0) is 13.8. The maximum Gasteiger partial charge on any atom is 0.194 e. The van der Waals surface area contributed by atoms with Crippen molar-refractivity contribution in [3.63, 3.8) is 0 Å². The number of morpholine rings is 1. The topological polar surface area (TPSA) is 50.5 Å². The fourth-order valence-electron chi connectivity index (χ4n) is 1.95. The van der Waals surface area contributed by atoms with Crippen LogP contribution in [0.5, 0.6) is 0 Å². The Labute approximate surface area is 109 Å². The van der Waals surface area contributed by atoms with Gasteiger partial charge in [-0.15, -0.1) is 0 Å². The highest BCUT2D eigenvalue weighted by atomic mass is 19.2. The smallest absolute Gasteiger partial charge is 0.194 e. The summed E-state index contributed by atoms with van der Waals surface area (Å²) in [7, 11) is 0. The molecule has 1 aliphatic rings. The van der Waals surface area contributed by atoms with E-state index in [-0.39, 0.29) is 12.1 Å². The number of hydrazine groups is 1. The lowest BCUT2D eigenvalue weighted by molar-refractivity contribution is 0.00399. The number of benzene rings is 1. The SMILES string of the molecule is NCC(NN1CCOCC1)c1cc(F)c(F)c(F)c1. The molecule has 19 heavy (non-hydrogen) atoms. The molecule has 7 heteroatoms. The zero-order valence-electron chi connectivity index (χ0n) is 10.3.